The molecule has 1 fully saturated rings. The molecule has 3 nitrogen and oxygen atoms in total. The molecule has 0 bridgehead atoms. The fourth-order valence-electron chi connectivity index (χ4n) is 4.56. The van der Waals surface area contributed by atoms with Gasteiger partial charge in [-0.3, -0.25) is 4.79 Å². The van der Waals surface area contributed by atoms with E-state index in [0.717, 1.165) is 35.9 Å². The van der Waals surface area contributed by atoms with Gasteiger partial charge in [-0.05, 0) is 72.5 Å². The van der Waals surface area contributed by atoms with Crippen LogP contribution in [-0.2, 0) is 6.18 Å². The molecule has 1 aliphatic carbocycles. The molecule has 164 valence electrons. The second-order valence-electron chi connectivity index (χ2n) is 8.93. The highest BCUT2D eigenvalue weighted by molar-refractivity contribution is 5.98. The van der Waals surface area contributed by atoms with Gasteiger partial charge in [-0.1, -0.05) is 32.8 Å². The van der Waals surface area contributed by atoms with Gasteiger partial charge in [0, 0.05) is 23.5 Å². The van der Waals surface area contributed by atoms with Crippen molar-refractivity contribution in [3.63, 3.8) is 0 Å². The average molecular weight is 428 g/mol. The first-order valence-corrected chi connectivity index (χ1v) is 10.8. The molecule has 31 heavy (non-hydrogen) atoms. The number of carbonyl (C=O) groups excluding carboxylic acids is 1. The van der Waals surface area contributed by atoms with Crippen LogP contribution in [0.3, 0.4) is 0 Å². The van der Waals surface area contributed by atoms with E-state index in [0.29, 0.717) is 23.1 Å². The topological polar surface area (TPSA) is 34.0 Å². The van der Waals surface area contributed by atoms with Gasteiger partial charge in [-0.25, -0.2) is 0 Å². The summed E-state index contributed by atoms with van der Waals surface area (Å²) in [4.78, 5) is 13.0. The van der Waals surface area contributed by atoms with E-state index in [4.69, 9.17) is 0 Å². The first kappa shape index (κ1) is 21.5. The van der Waals surface area contributed by atoms with Crippen LogP contribution in [0.4, 0.5) is 13.2 Å². The minimum atomic E-state index is -4.37. The molecule has 3 aromatic rings. The molecule has 1 N–H and O–H groups in total. The number of hydrogen-bond donors (Lipinski definition) is 1. The van der Waals surface area contributed by atoms with E-state index in [9.17, 15) is 18.0 Å². The van der Waals surface area contributed by atoms with E-state index < -0.39 is 11.7 Å². The van der Waals surface area contributed by atoms with Crippen LogP contribution in [0.5, 0.6) is 0 Å². The summed E-state index contributed by atoms with van der Waals surface area (Å²) in [7, 11) is 0. The fraction of sp³-hybridized carbons (Fsp3) is 0.400. The van der Waals surface area contributed by atoms with E-state index in [1.807, 2.05) is 29.0 Å². The number of hydrogen-bond acceptors (Lipinski definition) is 1. The van der Waals surface area contributed by atoms with Crippen LogP contribution in [0, 0.1) is 11.8 Å². The summed E-state index contributed by atoms with van der Waals surface area (Å²) >= 11 is 0. The number of amides is 1. The third kappa shape index (κ3) is 4.78. The Labute approximate surface area is 180 Å². The van der Waals surface area contributed by atoms with E-state index in [-0.39, 0.29) is 11.9 Å². The van der Waals surface area contributed by atoms with Gasteiger partial charge in [0.1, 0.15) is 0 Å². The van der Waals surface area contributed by atoms with Crippen molar-refractivity contribution in [2.75, 3.05) is 0 Å². The number of nitrogens with one attached hydrogen (secondary N) is 1. The van der Waals surface area contributed by atoms with Crippen LogP contribution in [0.2, 0.25) is 0 Å². The molecule has 1 amide bonds. The first-order chi connectivity index (χ1) is 14.7. The van der Waals surface area contributed by atoms with Gasteiger partial charge in [0.2, 0.25) is 0 Å². The molecule has 1 heterocycles. The Morgan fingerprint density at radius 1 is 0.968 bits per heavy atom. The summed E-state index contributed by atoms with van der Waals surface area (Å²) in [5, 5.41) is 4.13. The van der Waals surface area contributed by atoms with Crippen LogP contribution >= 0.6 is 0 Å². The van der Waals surface area contributed by atoms with Crippen LogP contribution in [-0.4, -0.2) is 16.5 Å². The highest BCUT2D eigenvalue weighted by Crippen LogP contribution is 2.31. The highest BCUT2D eigenvalue weighted by atomic mass is 19.4. The van der Waals surface area contributed by atoms with Gasteiger partial charge in [0.05, 0.1) is 11.1 Å². The highest BCUT2D eigenvalue weighted by Gasteiger charge is 2.30. The summed E-state index contributed by atoms with van der Waals surface area (Å²) in [6, 6.07) is 12.6. The Morgan fingerprint density at radius 2 is 1.61 bits per heavy atom. The largest absolute Gasteiger partial charge is 0.416 e. The molecule has 0 spiro atoms. The Morgan fingerprint density at radius 3 is 2.23 bits per heavy atom. The Hall–Kier alpha value is -2.76. The standard InChI is InChI=1S/C25H27F3N2O/c1-16-3-4-17(2)14-21(13-16)29-24(31)19-6-5-18-11-12-30(23(18)15-19)22-9-7-20(8-10-22)25(26,27)28/h5-12,15-17,21H,3-4,13-14H2,1-2H3,(H,29,31)/t16-,17+,21?. The summed E-state index contributed by atoms with van der Waals surface area (Å²) < 4.78 is 40.4. The van der Waals surface area contributed by atoms with Gasteiger partial charge < -0.3 is 9.88 Å². The van der Waals surface area contributed by atoms with Crippen molar-refractivity contribution >= 4 is 16.8 Å². The molecule has 0 radical (unpaired) electrons. The van der Waals surface area contributed by atoms with E-state index in [2.05, 4.69) is 19.2 Å². The summed E-state index contributed by atoms with van der Waals surface area (Å²) in [5.41, 5.74) is 1.28. The van der Waals surface area contributed by atoms with Crippen LogP contribution in [0.15, 0.2) is 54.7 Å². The van der Waals surface area contributed by atoms with Crippen molar-refractivity contribution in [3.8, 4) is 5.69 Å². The third-order valence-electron chi connectivity index (χ3n) is 6.29. The van der Waals surface area contributed by atoms with Crippen LogP contribution in [0.1, 0.15) is 55.5 Å². The zero-order valence-corrected chi connectivity index (χ0v) is 17.7. The molecular weight excluding hydrogens is 401 g/mol. The number of carbonyl (C=O) groups is 1. The van der Waals surface area contributed by atoms with Gasteiger partial charge in [0.25, 0.3) is 5.91 Å². The van der Waals surface area contributed by atoms with Crippen LogP contribution < -0.4 is 5.32 Å². The smallest absolute Gasteiger partial charge is 0.349 e. The minimum Gasteiger partial charge on any atom is -0.349 e. The quantitative estimate of drug-likeness (QED) is 0.469. The molecular formula is C25H27F3N2O. The lowest BCUT2D eigenvalue weighted by Gasteiger charge is -2.20. The fourth-order valence-corrected chi connectivity index (χ4v) is 4.56. The number of rotatable bonds is 3. The van der Waals surface area contributed by atoms with Crippen LogP contribution in [0.25, 0.3) is 16.6 Å². The zero-order chi connectivity index (χ0) is 22.2. The third-order valence-corrected chi connectivity index (χ3v) is 6.29. The monoisotopic (exact) mass is 428 g/mol. The van der Waals surface area contributed by atoms with Crippen molar-refractivity contribution in [1.82, 2.24) is 9.88 Å². The van der Waals surface area contributed by atoms with Gasteiger partial charge in [-0.2, -0.15) is 13.2 Å². The maximum Gasteiger partial charge on any atom is 0.416 e. The Bertz CT molecular complexity index is 1060. The normalized spacial score (nSPS) is 22.3. The second kappa shape index (κ2) is 8.40. The van der Waals surface area contributed by atoms with Crippen molar-refractivity contribution in [1.29, 1.82) is 0 Å². The van der Waals surface area contributed by atoms with E-state index in [1.165, 1.54) is 25.0 Å². The van der Waals surface area contributed by atoms with E-state index >= 15 is 0 Å². The Kier molecular flexibility index (Phi) is 5.82. The number of fused-ring (bicyclic) bond motifs is 1. The summed E-state index contributed by atoms with van der Waals surface area (Å²) in [6.07, 6.45) is 1.81. The molecule has 0 aliphatic heterocycles. The lowest BCUT2D eigenvalue weighted by Crippen LogP contribution is -2.36. The second-order valence-corrected chi connectivity index (χ2v) is 8.93. The molecule has 3 atom stereocenters. The predicted octanol–water partition coefficient (Wildman–Crippen LogP) is 6.59. The molecule has 1 saturated carbocycles. The van der Waals surface area contributed by atoms with Crippen molar-refractivity contribution in [2.45, 2.75) is 51.7 Å². The van der Waals surface area contributed by atoms with Gasteiger partial charge >= 0.3 is 6.18 Å². The molecule has 4 rings (SSSR count). The SMILES string of the molecule is C[C@@H]1CC[C@H](C)CC(NC(=O)c2ccc3ccn(-c4ccc(C(F)(F)F)cc4)c3c2)C1. The molecule has 1 aliphatic rings. The first-order valence-electron chi connectivity index (χ1n) is 10.8. The van der Waals surface area contributed by atoms with Crippen molar-refractivity contribution in [3.05, 3.63) is 65.9 Å². The van der Waals surface area contributed by atoms with E-state index in [1.54, 1.807) is 6.07 Å². The Balaban J connectivity index is 1.58. The predicted molar refractivity (Wildman–Crippen MR) is 116 cm³/mol. The maximum absolute atomic E-state index is 13.0. The average Bonchev–Trinajstić information content (AvgIpc) is 3.07. The minimum absolute atomic E-state index is 0.103. The number of benzene rings is 2. The van der Waals surface area contributed by atoms with Gasteiger partial charge in [0.15, 0.2) is 0 Å². The lowest BCUT2D eigenvalue weighted by atomic mass is 9.99. The molecule has 1 aromatic heterocycles. The summed E-state index contributed by atoms with van der Waals surface area (Å²) in [5.74, 6) is 1.08. The molecule has 2 aromatic carbocycles. The van der Waals surface area contributed by atoms with Crippen molar-refractivity contribution in [2.24, 2.45) is 11.8 Å². The summed E-state index contributed by atoms with van der Waals surface area (Å²) in [6.45, 7) is 4.47. The molecule has 0 saturated heterocycles. The number of alkyl halides is 3. The molecule has 6 heteroatoms. The number of halogens is 3. The molecule has 1 unspecified atom stereocenters. The number of aromatic nitrogens is 1. The maximum atomic E-state index is 13.0. The zero-order valence-electron chi connectivity index (χ0n) is 17.7. The number of nitrogens with zero attached hydrogens (tertiary/aromatic N) is 1. The van der Waals surface area contributed by atoms with Crippen molar-refractivity contribution < 1.29 is 18.0 Å². The van der Waals surface area contributed by atoms with Gasteiger partial charge in [-0.15, -0.1) is 0 Å². The lowest BCUT2D eigenvalue weighted by molar-refractivity contribution is -0.137.